The minimum Gasteiger partial charge on any atom is -0.382 e. The van der Waals surface area contributed by atoms with E-state index in [2.05, 4.69) is 12.4 Å². The first kappa shape index (κ1) is 11.0. The highest BCUT2D eigenvalue weighted by Crippen LogP contribution is 2.27. The lowest BCUT2D eigenvalue weighted by molar-refractivity contribution is -0.0186. The average Bonchev–Trinajstić information content (AvgIpc) is 2.65. The minimum atomic E-state index is 0.486. The van der Waals surface area contributed by atoms with E-state index in [1.54, 1.807) is 7.11 Å². The van der Waals surface area contributed by atoms with Crippen molar-refractivity contribution in [2.24, 2.45) is 5.92 Å². The van der Waals surface area contributed by atoms with Gasteiger partial charge >= 0.3 is 0 Å². The van der Waals surface area contributed by atoms with Crippen molar-refractivity contribution in [3.8, 4) is 0 Å². The van der Waals surface area contributed by atoms with E-state index < -0.39 is 0 Å². The third-order valence-electron chi connectivity index (χ3n) is 2.77. The molecule has 1 N–H and O–H groups in total. The quantitative estimate of drug-likeness (QED) is 0.507. The lowest BCUT2D eigenvalue weighted by Crippen LogP contribution is -2.33. The van der Waals surface area contributed by atoms with Crippen molar-refractivity contribution in [1.29, 1.82) is 0 Å². The summed E-state index contributed by atoms with van der Waals surface area (Å²) in [7, 11) is 1.68. The first-order chi connectivity index (χ1) is 6.34. The summed E-state index contributed by atoms with van der Waals surface area (Å²) in [5, 5.41) is 0. The van der Waals surface area contributed by atoms with Crippen molar-refractivity contribution in [2.75, 3.05) is 20.3 Å². The molecule has 0 spiro atoms. The van der Waals surface area contributed by atoms with Crippen molar-refractivity contribution in [3.05, 3.63) is 0 Å². The van der Waals surface area contributed by atoms with Crippen LogP contribution in [0.1, 0.15) is 32.6 Å². The predicted octanol–water partition coefficient (Wildman–Crippen LogP) is 1.73. The van der Waals surface area contributed by atoms with E-state index in [0.29, 0.717) is 19.3 Å². The predicted molar refractivity (Wildman–Crippen MR) is 52.4 cm³/mol. The molecule has 3 nitrogen and oxygen atoms in total. The van der Waals surface area contributed by atoms with E-state index >= 15 is 0 Å². The maximum atomic E-state index is 5.27. The Morgan fingerprint density at radius 3 is 2.62 bits per heavy atom. The summed E-state index contributed by atoms with van der Waals surface area (Å²) in [6, 6.07) is 0.486. The van der Waals surface area contributed by atoms with E-state index in [4.69, 9.17) is 9.57 Å². The number of rotatable bonds is 6. The third kappa shape index (κ3) is 4.07. The molecule has 1 unspecified atom stereocenters. The number of ether oxygens (including phenoxy) is 1. The molecule has 1 saturated carbocycles. The van der Waals surface area contributed by atoms with Crippen LogP contribution < -0.4 is 5.48 Å². The van der Waals surface area contributed by atoms with Gasteiger partial charge in [-0.15, -0.1) is 0 Å². The molecule has 1 aliphatic carbocycles. The zero-order valence-corrected chi connectivity index (χ0v) is 8.71. The summed E-state index contributed by atoms with van der Waals surface area (Å²) in [4.78, 5) is 5.27. The Balaban J connectivity index is 1.99. The summed E-state index contributed by atoms with van der Waals surface area (Å²) in [6.45, 7) is 3.49. The smallest absolute Gasteiger partial charge is 0.0915 e. The van der Waals surface area contributed by atoms with E-state index in [1.807, 2.05) is 0 Å². The molecule has 1 rings (SSSR count). The van der Waals surface area contributed by atoms with Crippen LogP contribution in [0.4, 0.5) is 0 Å². The van der Waals surface area contributed by atoms with Gasteiger partial charge in [0.15, 0.2) is 0 Å². The van der Waals surface area contributed by atoms with Crippen molar-refractivity contribution < 1.29 is 9.57 Å². The molecule has 0 radical (unpaired) electrons. The Morgan fingerprint density at radius 1 is 1.31 bits per heavy atom. The molecule has 3 heteroatoms. The van der Waals surface area contributed by atoms with Gasteiger partial charge in [0.2, 0.25) is 0 Å². The van der Waals surface area contributed by atoms with Crippen molar-refractivity contribution in [2.45, 2.75) is 38.6 Å². The van der Waals surface area contributed by atoms with Gasteiger partial charge < -0.3 is 4.74 Å². The van der Waals surface area contributed by atoms with E-state index in [-0.39, 0.29) is 0 Å². The summed E-state index contributed by atoms with van der Waals surface area (Å²) < 4.78 is 4.88. The maximum Gasteiger partial charge on any atom is 0.0915 e. The van der Waals surface area contributed by atoms with E-state index in [9.17, 15) is 0 Å². The molecule has 0 bridgehead atoms. The van der Waals surface area contributed by atoms with Crippen LogP contribution in [0.25, 0.3) is 0 Å². The fourth-order valence-corrected chi connectivity index (χ4v) is 1.87. The second-order valence-corrected chi connectivity index (χ2v) is 3.79. The molecular formula is C10H21NO2. The summed E-state index contributed by atoms with van der Waals surface area (Å²) >= 11 is 0. The van der Waals surface area contributed by atoms with Gasteiger partial charge in [-0.3, -0.25) is 4.84 Å². The lowest BCUT2D eigenvalue weighted by Gasteiger charge is -2.19. The molecule has 0 saturated heterocycles. The van der Waals surface area contributed by atoms with Crippen LogP contribution in [-0.4, -0.2) is 26.4 Å². The molecule has 1 atom stereocenters. The van der Waals surface area contributed by atoms with E-state index in [0.717, 1.165) is 5.92 Å². The van der Waals surface area contributed by atoms with Gasteiger partial charge in [0.1, 0.15) is 0 Å². The number of hydroxylamine groups is 1. The molecule has 0 aliphatic heterocycles. The summed E-state index contributed by atoms with van der Waals surface area (Å²) in [5.74, 6) is 0.808. The van der Waals surface area contributed by atoms with E-state index in [1.165, 1.54) is 25.7 Å². The lowest BCUT2D eigenvalue weighted by atomic mass is 10.0. The fraction of sp³-hybridized carbons (Fsp3) is 1.00. The van der Waals surface area contributed by atoms with Crippen LogP contribution in [0.2, 0.25) is 0 Å². The Morgan fingerprint density at radius 2 is 2.00 bits per heavy atom. The number of nitrogens with one attached hydrogen (secondary N) is 1. The molecule has 0 amide bonds. The molecule has 0 aromatic heterocycles. The monoisotopic (exact) mass is 187 g/mol. The highest BCUT2D eigenvalue weighted by molar-refractivity contribution is 4.74. The van der Waals surface area contributed by atoms with Crippen LogP contribution in [0.3, 0.4) is 0 Å². The Kier molecular flexibility index (Phi) is 5.35. The van der Waals surface area contributed by atoms with Crippen LogP contribution in [0.5, 0.6) is 0 Å². The Hall–Kier alpha value is -0.120. The first-order valence-corrected chi connectivity index (χ1v) is 5.21. The minimum absolute atomic E-state index is 0.486. The van der Waals surface area contributed by atoms with Gasteiger partial charge in [0.05, 0.1) is 13.2 Å². The Labute approximate surface area is 80.7 Å². The average molecular weight is 187 g/mol. The standard InChI is InChI=1S/C10H21NO2/c1-9(10-5-3-4-6-10)11-13-8-7-12-2/h9-11H,3-8H2,1-2H3. The van der Waals surface area contributed by atoms with Gasteiger partial charge in [-0.2, -0.15) is 5.48 Å². The van der Waals surface area contributed by atoms with Crippen molar-refractivity contribution in [3.63, 3.8) is 0 Å². The molecular weight excluding hydrogens is 166 g/mol. The molecule has 1 fully saturated rings. The second-order valence-electron chi connectivity index (χ2n) is 3.79. The van der Waals surface area contributed by atoms with Crippen LogP contribution >= 0.6 is 0 Å². The van der Waals surface area contributed by atoms with Crippen molar-refractivity contribution >= 4 is 0 Å². The SMILES string of the molecule is COCCONC(C)C1CCCC1. The third-order valence-corrected chi connectivity index (χ3v) is 2.77. The molecule has 78 valence electrons. The molecule has 0 heterocycles. The van der Waals surface area contributed by atoms with Crippen LogP contribution in [0, 0.1) is 5.92 Å². The normalized spacial score (nSPS) is 20.8. The van der Waals surface area contributed by atoms with Gasteiger partial charge in [-0.25, -0.2) is 0 Å². The summed E-state index contributed by atoms with van der Waals surface area (Å²) in [6.07, 6.45) is 5.47. The fourth-order valence-electron chi connectivity index (χ4n) is 1.87. The van der Waals surface area contributed by atoms with Gasteiger partial charge in [-0.05, 0) is 25.7 Å². The number of hydrogen-bond acceptors (Lipinski definition) is 3. The second kappa shape index (κ2) is 6.35. The van der Waals surface area contributed by atoms with Crippen molar-refractivity contribution in [1.82, 2.24) is 5.48 Å². The zero-order valence-electron chi connectivity index (χ0n) is 8.71. The largest absolute Gasteiger partial charge is 0.382 e. The van der Waals surface area contributed by atoms with Crippen LogP contribution in [0.15, 0.2) is 0 Å². The number of methoxy groups -OCH3 is 1. The van der Waals surface area contributed by atoms with Crippen LogP contribution in [-0.2, 0) is 9.57 Å². The first-order valence-electron chi connectivity index (χ1n) is 5.21. The zero-order chi connectivity index (χ0) is 9.52. The van der Waals surface area contributed by atoms with Gasteiger partial charge in [-0.1, -0.05) is 12.8 Å². The summed E-state index contributed by atoms with van der Waals surface area (Å²) in [5.41, 5.74) is 3.08. The molecule has 0 aromatic rings. The highest BCUT2D eigenvalue weighted by Gasteiger charge is 2.21. The Bertz CT molecular complexity index is 124. The molecule has 0 aromatic carbocycles. The molecule has 1 aliphatic rings. The maximum absolute atomic E-state index is 5.27. The van der Waals surface area contributed by atoms with Gasteiger partial charge in [0.25, 0.3) is 0 Å². The van der Waals surface area contributed by atoms with Gasteiger partial charge in [0, 0.05) is 13.2 Å². The number of hydrogen-bond donors (Lipinski definition) is 1. The topological polar surface area (TPSA) is 30.5 Å². The molecule has 13 heavy (non-hydrogen) atoms. The highest BCUT2D eigenvalue weighted by atomic mass is 16.7.